The quantitative estimate of drug-likeness (QED) is 0.295. The summed E-state index contributed by atoms with van der Waals surface area (Å²) in [7, 11) is 0. The largest absolute Gasteiger partial charge is 0.508 e. The van der Waals surface area contributed by atoms with Crippen molar-refractivity contribution in [2.45, 2.75) is 118 Å². The molecule has 0 aliphatic heterocycles. The van der Waals surface area contributed by atoms with Crippen molar-refractivity contribution in [2.75, 3.05) is 17.0 Å². The summed E-state index contributed by atoms with van der Waals surface area (Å²) in [4.78, 5) is 0. The maximum Gasteiger partial charge on any atom is 0.119 e. The molecular formula is C31H50N2O2. The van der Waals surface area contributed by atoms with E-state index < -0.39 is 0 Å². The van der Waals surface area contributed by atoms with Gasteiger partial charge in [-0.15, -0.1) is 0 Å². The molecule has 0 radical (unpaired) electrons. The lowest BCUT2D eigenvalue weighted by atomic mass is 9.73. The SMILES string of the molecule is CCCN(Nc1ccc(O)c(C(C)(C)C)c1C(C)(C)C)c1ccc(O)c(C(C)(C)C)c1C(C)(C)C. The van der Waals surface area contributed by atoms with E-state index in [9.17, 15) is 10.2 Å². The Labute approximate surface area is 214 Å². The number of anilines is 2. The Morgan fingerprint density at radius 1 is 0.600 bits per heavy atom. The molecule has 0 fully saturated rings. The number of hydrazine groups is 1. The number of nitrogens with zero attached hydrogens (tertiary/aromatic N) is 1. The molecule has 0 aromatic heterocycles. The number of rotatable bonds is 5. The minimum atomic E-state index is -0.214. The Morgan fingerprint density at radius 3 is 1.40 bits per heavy atom. The van der Waals surface area contributed by atoms with Gasteiger partial charge in [-0.1, -0.05) is 90.0 Å². The molecule has 35 heavy (non-hydrogen) atoms. The lowest BCUT2D eigenvalue weighted by molar-refractivity contribution is 0.434. The number of nitrogens with one attached hydrogen (secondary N) is 1. The Kier molecular flexibility index (Phi) is 7.92. The number of hydrogen-bond acceptors (Lipinski definition) is 4. The van der Waals surface area contributed by atoms with E-state index in [1.54, 1.807) is 0 Å². The van der Waals surface area contributed by atoms with E-state index in [1.807, 2.05) is 24.3 Å². The van der Waals surface area contributed by atoms with Crippen LogP contribution in [0.4, 0.5) is 11.4 Å². The predicted octanol–water partition coefficient (Wildman–Crippen LogP) is 8.53. The van der Waals surface area contributed by atoms with Gasteiger partial charge in [-0.25, -0.2) is 0 Å². The minimum Gasteiger partial charge on any atom is -0.508 e. The van der Waals surface area contributed by atoms with E-state index in [0.717, 1.165) is 46.6 Å². The monoisotopic (exact) mass is 482 g/mol. The number of aromatic hydroxyl groups is 2. The van der Waals surface area contributed by atoms with Crippen LogP contribution in [0.3, 0.4) is 0 Å². The van der Waals surface area contributed by atoms with E-state index in [0.29, 0.717) is 11.5 Å². The van der Waals surface area contributed by atoms with E-state index in [-0.39, 0.29) is 21.7 Å². The number of benzene rings is 2. The highest BCUT2D eigenvalue weighted by Crippen LogP contribution is 2.46. The zero-order chi connectivity index (χ0) is 27.1. The van der Waals surface area contributed by atoms with Gasteiger partial charge in [0.25, 0.3) is 0 Å². The zero-order valence-electron chi connectivity index (χ0n) is 24.6. The molecule has 0 heterocycles. The molecule has 2 rings (SSSR count). The molecule has 3 N–H and O–H groups in total. The Bertz CT molecular complexity index is 1040. The van der Waals surface area contributed by atoms with E-state index in [2.05, 4.69) is 100 Å². The lowest BCUT2D eigenvalue weighted by Gasteiger charge is -2.39. The summed E-state index contributed by atoms with van der Waals surface area (Å²) in [6.45, 7) is 29.1. The van der Waals surface area contributed by atoms with Gasteiger partial charge in [0.2, 0.25) is 0 Å². The molecule has 0 amide bonds. The predicted molar refractivity (Wildman–Crippen MR) is 152 cm³/mol. The van der Waals surface area contributed by atoms with Crippen LogP contribution < -0.4 is 10.4 Å². The first kappa shape index (κ1) is 28.9. The van der Waals surface area contributed by atoms with Crippen LogP contribution in [-0.4, -0.2) is 16.8 Å². The lowest BCUT2D eigenvalue weighted by Crippen LogP contribution is -2.36. The number of hydrogen-bond donors (Lipinski definition) is 3. The maximum atomic E-state index is 11.0. The molecule has 2 aromatic rings. The second-order valence-electron chi connectivity index (χ2n) is 14.0. The molecule has 0 bridgehead atoms. The van der Waals surface area contributed by atoms with Crippen molar-refractivity contribution in [1.82, 2.24) is 0 Å². The van der Waals surface area contributed by atoms with Gasteiger partial charge in [0.15, 0.2) is 0 Å². The van der Waals surface area contributed by atoms with Gasteiger partial charge in [-0.05, 0) is 63.5 Å². The van der Waals surface area contributed by atoms with Crippen LogP contribution in [0, 0.1) is 0 Å². The average Bonchev–Trinajstić information content (AvgIpc) is 2.65. The first-order valence-electron chi connectivity index (χ1n) is 13.0. The first-order chi connectivity index (χ1) is 15.7. The van der Waals surface area contributed by atoms with E-state index in [4.69, 9.17) is 0 Å². The Balaban J connectivity index is 2.86. The highest BCUT2D eigenvalue weighted by Gasteiger charge is 2.34. The van der Waals surface area contributed by atoms with Crippen LogP contribution in [0.1, 0.15) is 119 Å². The molecule has 4 nitrogen and oxygen atoms in total. The van der Waals surface area contributed by atoms with Gasteiger partial charge in [0, 0.05) is 17.7 Å². The van der Waals surface area contributed by atoms with Gasteiger partial charge in [-0.2, -0.15) is 0 Å². The first-order valence-corrected chi connectivity index (χ1v) is 13.0. The Morgan fingerprint density at radius 2 is 1.00 bits per heavy atom. The fourth-order valence-corrected chi connectivity index (χ4v) is 5.15. The molecule has 0 aliphatic rings. The molecule has 0 spiro atoms. The number of phenolic OH excluding ortho intramolecular Hbond substituents is 2. The van der Waals surface area contributed by atoms with Crippen molar-refractivity contribution in [3.63, 3.8) is 0 Å². The fourth-order valence-electron chi connectivity index (χ4n) is 5.15. The smallest absolute Gasteiger partial charge is 0.119 e. The van der Waals surface area contributed by atoms with Crippen molar-refractivity contribution >= 4 is 11.4 Å². The molecular weight excluding hydrogens is 432 g/mol. The van der Waals surface area contributed by atoms with Crippen LogP contribution in [-0.2, 0) is 21.7 Å². The molecule has 196 valence electrons. The third kappa shape index (κ3) is 6.26. The van der Waals surface area contributed by atoms with Crippen LogP contribution in [0.2, 0.25) is 0 Å². The summed E-state index contributed by atoms with van der Waals surface area (Å²) in [5, 5.41) is 24.1. The summed E-state index contributed by atoms with van der Waals surface area (Å²) in [5.41, 5.74) is 9.29. The fraction of sp³-hybridized carbons (Fsp3) is 0.613. The van der Waals surface area contributed by atoms with Crippen LogP contribution in [0.15, 0.2) is 24.3 Å². The van der Waals surface area contributed by atoms with Gasteiger partial charge in [-0.3, -0.25) is 10.4 Å². The summed E-state index contributed by atoms with van der Waals surface area (Å²) in [6.07, 6.45) is 0.956. The van der Waals surface area contributed by atoms with Gasteiger partial charge in [0.05, 0.1) is 11.4 Å². The zero-order valence-corrected chi connectivity index (χ0v) is 24.6. The average molecular weight is 483 g/mol. The van der Waals surface area contributed by atoms with E-state index >= 15 is 0 Å². The third-order valence-corrected chi connectivity index (χ3v) is 6.34. The number of phenols is 2. The van der Waals surface area contributed by atoms with Crippen molar-refractivity contribution in [3.8, 4) is 11.5 Å². The van der Waals surface area contributed by atoms with Crippen molar-refractivity contribution < 1.29 is 10.2 Å². The summed E-state index contributed by atoms with van der Waals surface area (Å²) >= 11 is 0. The third-order valence-electron chi connectivity index (χ3n) is 6.34. The summed E-state index contributed by atoms with van der Waals surface area (Å²) < 4.78 is 0. The van der Waals surface area contributed by atoms with Crippen molar-refractivity contribution in [1.29, 1.82) is 0 Å². The second kappa shape index (κ2) is 9.59. The highest BCUT2D eigenvalue weighted by molar-refractivity contribution is 5.70. The molecule has 2 aromatic carbocycles. The molecule has 0 saturated heterocycles. The Hall–Kier alpha value is -2.36. The van der Waals surface area contributed by atoms with Crippen LogP contribution in [0.5, 0.6) is 11.5 Å². The summed E-state index contributed by atoms with van der Waals surface area (Å²) in [5.74, 6) is 0.683. The topological polar surface area (TPSA) is 55.7 Å². The van der Waals surface area contributed by atoms with Gasteiger partial charge >= 0.3 is 0 Å². The normalized spacial score (nSPS) is 13.2. The molecule has 0 saturated carbocycles. The molecule has 0 unspecified atom stereocenters. The standard InChI is InChI=1S/C31H50N2O2/c1-14-19-33(21-16-18-23(35)27(31(11,12)13)25(21)29(5,6)7)32-20-15-17-22(34)26(30(8,9)10)24(20)28(2,3)4/h15-18,32,34-35H,14,19H2,1-13H3. The summed E-state index contributed by atoms with van der Waals surface area (Å²) in [6, 6.07) is 7.67. The van der Waals surface area contributed by atoms with Crippen molar-refractivity contribution in [3.05, 3.63) is 46.5 Å². The highest BCUT2D eigenvalue weighted by atomic mass is 16.3. The van der Waals surface area contributed by atoms with Gasteiger partial charge in [0.1, 0.15) is 11.5 Å². The molecule has 0 atom stereocenters. The van der Waals surface area contributed by atoms with Gasteiger partial charge < -0.3 is 10.2 Å². The molecule has 0 aliphatic carbocycles. The van der Waals surface area contributed by atoms with Crippen LogP contribution in [0.25, 0.3) is 0 Å². The van der Waals surface area contributed by atoms with Crippen molar-refractivity contribution in [2.24, 2.45) is 0 Å². The van der Waals surface area contributed by atoms with E-state index in [1.165, 1.54) is 0 Å². The second-order valence-corrected chi connectivity index (χ2v) is 14.0. The minimum absolute atomic E-state index is 0.178. The van der Waals surface area contributed by atoms with Crippen LogP contribution >= 0.6 is 0 Å². The maximum absolute atomic E-state index is 11.0. The molecule has 4 heteroatoms.